The van der Waals surface area contributed by atoms with Gasteiger partial charge in [-0.05, 0) is 19.1 Å². The molecule has 0 spiro atoms. The van der Waals surface area contributed by atoms with E-state index in [0.717, 1.165) is 24.3 Å². The summed E-state index contributed by atoms with van der Waals surface area (Å²) in [6, 6.07) is 3.53. The van der Waals surface area contributed by atoms with E-state index in [1.165, 1.54) is 6.92 Å². The van der Waals surface area contributed by atoms with E-state index in [0.29, 0.717) is 0 Å². The highest BCUT2D eigenvalue weighted by Crippen LogP contribution is 2.16. The number of nitro groups is 1. The summed E-state index contributed by atoms with van der Waals surface area (Å²) in [4.78, 5) is 20.1. The maximum absolute atomic E-state index is 11.8. The van der Waals surface area contributed by atoms with Crippen LogP contribution in [0, 0.1) is 10.1 Å². The second-order valence-electron chi connectivity index (χ2n) is 3.87. The molecule has 9 heteroatoms. The number of nitrogens with zero attached hydrogens (tertiary/aromatic N) is 1. The monoisotopic (exact) mass is 288 g/mol. The van der Waals surface area contributed by atoms with Crippen LogP contribution in [0.5, 0.6) is 0 Å². The maximum Gasteiger partial charge on any atom is 0.304 e. The molecule has 0 aromatic heterocycles. The van der Waals surface area contributed by atoms with Crippen LogP contribution in [0.1, 0.15) is 13.3 Å². The van der Waals surface area contributed by atoms with Gasteiger partial charge in [0, 0.05) is 18.2 Å². The van der Waals surface area contributed by atoms with Crippen molar-refractivity contribution in [3.63, 3.8) is 0 Å². The van der Waals surface area contributed by atoms with Crippen molar-refractivity contribution in [1.82, 2.24) is 4.72 Å². The van der Waals surface area contributed by atoms with Crippen LogP contribution in [-0.4, -0.2) is 30.5 Å². The number of rotatable bonds is 6. The number of hydrogen-bond donors (Lipinski definition) is 2. The molecule has 0 aliphatic heterocycles. The number of sulfonamides is 1. The van der Waals surface area contributed by atoms with Crippen molar-refractivity contribution in [2.24, 2.45) is 0 Å². The summed E-state index contributed by atoms with van der Waals surface area (Å²) in [5.41, 5.74) is -0.225. The van der Waals surface area contributed by atoms with Crippen molar-refractivity contribution in [1.29, 1.82) is 0 Å². The highest BCUT2D eigenvalue weighted by atomic mass is 32.2. The predicted molar refractivity (Wildman–Crippen MR) is 65.1 cm³/mol. The molecular formula is C10H12N2O6S. The van der Waals surface area contributed by atoms with Crippen LogP contribution in [0.3, 0.4) is 0 Å². The fraction of sp³-hybridized carbons (Fsp3) is 0.300. The number of benzene rings is 1. The smallest absolute Gasteiger partial charge is 0.304 e. The minimum absolute atomic E-state index is 0.157. The highest BCUT2D eigenvalue weighted by molar-refractivity contribution is 7.89. The third-order valence-electron chi connectivity index (χ3n) is 2.19. The van der Waals surface area contributed by atoms with Gasteiger partial charge in [-0.3, -0.25) is 14.9 Å². The first-order valence-corrected chi connectivity index (χ1v) is 6.69. The van der Waals surface area contributed by atoms with Crippen LogP contribution >= 0.6 is 0 Å². The van der Waals surface area contributed by atoms with Crippen molar-refractivity contribution >= 4 is 21.7 Å². The molecule has 0 aliphatic rings. The lowest BCUT2D eigenvalue weighted by Gasteiger charge is -2.11. The zero-order chi connectivity index (χ0) is 14.6. The van der Waals surface area contributed by atoms with Gasteiger partial charge in [0.2, 0.25) is 10.0 Å². The fourth-order valence-electron chi connectivity index (χ4n) is 1.38. The molecular weight excluding hydrogens is 276 g/mol. The largest absolute Gasteiger partial charge is 0.481 e. The first-order chi connectivity index (χ1) is 8.72. The maximum atomic E-state index is 11.8. The van der Waals surface area contributed by atoms with Gasteiger partial charge in [0.1, 0.15) is 0 Å². The van der Waals surface area contributed by atoms with Crippen LogP contribution in [-0.2, 0) is 14.8 Å². The average Bonchev–Trinajstić information content (AvgIpc) is 2.27. The van der Waals surface area contributed by atoms with Gasteiger partial charge >= 0.3 is 5.97 Å². The Balaban J connectivity index is 2.88. The summed E-state index contributed by atoms with van der Waals surface area (Å²) in [5.74, 6) is -1.13. The Bertz CT molecular complexity index is 581. The van der Waals surface area contributed by atoms with Gasteiger partial charge in [-0.2, -0.15) is 0 Å². The van der Waals surface area contributed by atoms with Crippen molar-refractivity contribution in [2.75, 3.05) is 0 Å². The van der Waals surface area contributed by atoms with E-state index in [-0.39, 0.29) is 17.0 Å². The van der Waals surface area contributed by atoms with Crippen molar-refractivity contribution in [3.8, 4) is 0 Å². The van der Waals surface area contributed by atoms with Crippen LogP contribution in [0.4, 0.5) is 5.69 Å². The van der Waals surface area contributed by atoms with Gasteiger partial charge in [0.05, 0.1) is 16.2 Å². The number of non-ortho nitro benzene ring substituents is 1. The van der Waals surface area contributed by atoms with Gasteiger partial charge in [-0.1, -0.05) is 0 Å². The molecule has 0 amide bonds. The summed E-state index contributed by atoms with van der Waals surface area (Å²) in [7, 11) is -3.88. The number of aliphatic carboxylic acids is 1. The summed E-state index contributed by atoms with van der Waals surface area (Å²) < 4.78 is 25.8. The number of hydrogen-bond acceptors (Lipinski definition) is 5. The topological polar surface area (TPSA) is 127 Å². The Morgan fingerprint density at radius 1 is 1.42 bits per heavy atom. The van der Waals surface area contributed by atoms with E-state index < -0.39 is 27.0 Å². The van der Waals surface area contributed by atoms with E-state index in [9.17, 15) is 23.3 Å². The number of carboxylic acids is 1. The quantitative estimate of drug-likeness (QED) is 0.587. The van der Waals surface area contributed by atoms with Crippen LogP contribution in [0.2, 0.25) is 0 Å². The molecule has 104 valence electrons. The van der Waals surface area contributed by atoms with Gasteiger partial charge in [0.25, 0.3) is 5.69 Å². The Labute approximate surface area is 109 Å². The van der Waals surface area contributed by atoms with Crippen molar-refractivity contribution < 1.29 is 23.2 Å². The lowest BCUT2D eigenvalue weighted by molar-refractivity contribution is -0.384. The molecule has 0 fully saturated rings. The molecule has 2 N–H and O–H groups in total. The first-order valence-electron chi connectivity index (χ1n) is 5.21. The summed E-state index contributed by atoms with van der Waals surface area (Å²) in [6.07, 6.45) is -0.355. The summed E-state index contributed by atoms with van der Waals surface area (Å²) in [5, 5.41) is 19.0. The van der Waals surface area contributed by atoms with Gasteiger partial charge < -0.3 is 5.11 Å². The average molecular weight is 288 g/mol. The molecule has 0 bridgehead atoms. The molecule has 8 nitrogen and oxygen atoms in total. The number of nitrogens with one attached hydrogen (secondary N) is 1. The number of carbonyl (C=O) groups is 1. The first kappa shape index (κ1) is 15.1. The Morgan fingerprint density at radius 3 is 2.37 bits per heavy atom. The molecule has 1 aromatic rings. The number of carboxylic acid groups (broad SMARTS) is 1. The Morgan fingerprint density at radius 2 is 1.95 bits per heavy atom. The molecule has 0 saturated heterocycles. The van der Waals surface area contributed by atoms with E-state index in [4.69, 9.17) is 5.11 Å². The Kier molecular flexibility index (Phi) is 4.57. The van der Waals surface area contributed by atoms with Gasteiger partial charge in [-0.25, -0.2) is 13.1 Å². The second-order valence-corrected chi connectivity index (χ2v) is 5.59. The van der Waals surface area contributed by atoms with E-state index >= 15 is 0 Å². The molecule has 1 atom stereocenters. The standard InChI is InChI=1S/C10H12N2O6S/c1-7(6-10(13)14)11-19(17,18)9-4-2-8(3-5-9)12(15)16/h2-5,7,11H,6H2,1H3,(H,13,14)/t7-/m0/s1. The third-order valence-corrected chi connectivity index (χ3v) is 3.80. The lowest BCUT2D eigenvalue weighted by Crippen LogP contribution is -2.34. The third kappa shape index (κ3) is 4.30. The van der Waals surface area contributed by atoms with Crippen LogP contribution in [0.15, 0.2) is 29.2 Å². The van der Waals surface area contributed by atoms with Crippen LogP contribution < -0.4 is 4.72 Å². The summed E-state index contributed by atoms with van der Waals surface area (Å²) >= 11 is 0. The zero-order valence-electron chi connectivity index (χ0n) is 9.94. The zero-order valence-corrected chi connectivity index (χ0v) is 10.8. The second kappa shape index (κ2) is 5.76. The molecule has 0 radical (unpaired) electrons. The van der Waals surface area contributed by atoms with Gasteiger partial charge in [-0.15, -0.1) is 0 Å². The molecule has 1 aromatic carbocycles. The predicted octanol–water partition coefficient (Wildman–Crippen LogP) is 0.736. The SMILES string of the molecule is C[C@@H](CC(=O)O)NS(=O)(=O)c1ccc([N+](=O)[O-])cc1. The molecule has 0 unspecified atom stereocenters. The summed E-state index contributed by atoms with van der Waals surface area (Å²) in [6.45, 7) is 1.41. The highest BCUT2D eigenvalue weighted by Gasteiger charge is 2.19. The lowest BCUT2D eigenvalue weighted by atomic mass is 10.3. The van der Waals surface area contributed by atoms with Crippen molar-refractivity contribution in [2.45, 2.75) is 24.3 Å². The molecule has 0 aliphatic carbocycles. The van der Waals surface area contributed by atoms with E-state index in [1.54, 1.807) is 0 Å². The Hall–Kier alpha value is -2.00. The van der Waals surface area contributed by atoms with Gasteiger partial charge in [0.15, 0.2) is 0 Å². The number of nitro benzene ring substituents is 1. The van der Waals surface area contributed by atoms with Crippen LogP contribution in [0.25, 0.3) is 0 Å². The molecule has 1 rings (SSSR count). The normalized spacial score (nSPS) is 12.9. The van der Waals surface area contributed by atoms with E-state index in [2.05, 4.69) is 4.72 Å². The minimum Gasteiger partial charge on any atom is -0.481 e. The molecule has 0 heterocycles. The fourth-order valence-corrected chi connectivity index (χ4v) is 2.63. The minimum atomic E-state index is -3.88. The molecule has 19 heavy (non-hydrogen) atoms. The van der Waals surface area contributed by atoms with Crippen molar-refractivity contribution in [3.05, 3.63) is 34.4 Å². The van der Waals surface area contributed by atoms with E-state index in [1.807, 2.05) is 0 Å². The molecule has 0 saturated carbocycles.